The summed E-state index contributed by atoms with van der Waals surface area (Å²) >= 11 is 0. The Labute approximate surface area is 425 Å². The molecule has 0 aliphatic heterocycles. The van der Waals surface area contributed by atoms with Gasteiger partial charge in [-0.3, -0.25) is 19.4 Å². The lowest BCUT2D eigenvalue weighted by atomic mass is 10.1. The summed E-state index contributed by atoms with van der Waals surface area (Å²) in [7, 11) is 0. The minimum Gasteiger partial charge on any atom is -0.489 e. The maximum absolute atomic E-state index is 14.3. The van der Waals surface area contributed by atoms with Crippen molar-refractivity contribution in [3.8, 4) is 23.0 Å². The van der Waals surface area contributed by atoms with Crippen LogP contribution < -0.4 is 18.9 Å². The summed E-state index contributed by atoms with van der Waals surface area (Å²) in [5.41, 5.74) is 7.57. The molecule has 0 spiro atoms. The lowest BCUT2D eigenvalue weighted by Gasteiger charge is -2.23. The molecular weight excluding hydrogens is 893 g/mol. The minimum atomic E-state index is 0.00467. The number of hydrogen-bond donors (Lipinski definition) is 0. The van der Waals surface area contributed by atoms with Crippen molar-refractivity contribution in [1.82, 2.24) is 9.80 Å². The van der Waals surface area contributed by atoms with E-state index in [0.29, 0.717) is 73.6 Å². The lowest BCUT2D eigenvalue weighted by molar-refractivity contribution is 0.0912. The lowest BCUT2D eigenvalue weighted by Crippen LogP contribution is -2.31. The maximum Gasteiger partial charge on any atom is 0.177 e. The van der Waals surface area contributed by atoms with Crippen LogP contribution in [-0.2, 0) is 39.5 Å². The van der Waals surface area contributed by atoms with Crippen LogP contribution in [-0.4, -0.2) is 47.5 Å². The van der Waals surface area contributed by atoms with Gasteiger partial charge in [-0.05, 0) is 83.6 Å². The van der Waals surface area contributed by atoms with Gasteiger partial charge in [0.15, 0.2) is 11.6 Å². The van der Waals surface area contributed by atoms with Crippen molar-refractivity contribution in [2.24, 2.45) is 0 Å². The number of ketones is 2. The van der Waals surface area contributed by atoms with E-state index in [4.69, 9.17) is 18.9 Å². The first-order valence-corrected chi connectivity index (χ1v) is 25.0. The van der Waals surface area contributed by atoms with E-state index in [0.717, 1.165) is 72.2 Å². The Hall–Kier alpha value is -7.78. The van der Waals surface area contributed by atoms with Gasteiger partial charge in [-0.25, -0.2) is 0 Å². The summed E-state index contributed by atoms with van der Waals surface area (Å²) < 4.78 is 25.0. The third-order valence-electron chi connectivity index (χ3n) is 12.3. The Morgan fingerprint density at radius 1 is 0.306 bits per heavy atom. The van der Waals surface area contributed by atoms with Crippen molar-refractivity contribution < 1.29 is 28.5 Å². The minimum absolute atomic E-state index is 0.00467. The predicted octanol–water partition coefficient (Wildman–Crippen LogP) is 13.6. The normalized spacial score (nSPS) is 11.1. The molecule has 0 radical (unpaired) electrons. The van der Waals surface area contributed by atoms with Crippen molar-refractivity contribution in [2.75, 3.05) is 26.2 Å². The van der Waals surface area contributed by atoms with Gasteiger partial charge in [0.1, 0.15) is 49.4 Å². The number of carbonyl (C=O) groups excluding carboxylic acids is 2. The molecule has 0 aromatic heterocycles. The van der Waals surface area contributed by atoms with Crippen LogP contribution in [0.25, 0.3) is 0 Å². The topological polar surface area (TPSA) is 77.5 Å². The van der Waals surface area contributed by atoms with E-state index in [-0.39, 0.29) is 24.7 Å². The zero-order valence-electron chi connectivity index (χ0n) is 41.0. The molecule has 0 N–H and O–H groups in total. The van der Waals surface area contributed by atoms with E-state index in [1.54, 1.807) is 0 Å². The summed E-state index contributed by atoms with van der Waals surface area (Å²) in [6.07, 6.45) is 3.81. The molecule has 8 aromatic rings. The molecule has 8 nitrogen and oxygen atoms in total. The van der Waals surface area contributed by atoms with Crippen molar-refractivity contribution in [2.45, 2.75) is 65.2 Å². The van der Waals surface area contributed by atoms with Crippen molar-refractivity contribution in [1.29, 1.82) is 0 Å². The van der Waals surface area contributed by atoms with Crippen molar-refractivity contribution in [3.05, 3.63) is 263 Å². The van der Waals surface area contributed by atoms with Gasteiger partial charge in [0.25, 0.3) is 0 Å². The number of unbranched alkanes of at least 4 members (excludes halogenated alkanes) is 3. The summed E-state index contributed by atoms with van der Waals surface area (Å²) in [6.45, 7) is 4.82. The first-order valence-electron chi connectivity index (χ1n) is 25.0. The number of Topliss-reactive ketones (excluding diaryl/α,β-unsaturated/α-hetero) is 2. The average Bonchev–Trinajstić information content (AvgIpc) is 3.43. The summed E-state index contributed by atoms with van der Waals surface area (Å²) in [4.78, 5) is 33.0. The molecule has 0 saturated carbocycles. The van der Waals surface area contributed by atoms with E-state index >= 15 is 0 Å². The Morgan fingerprint density at radius 2 is 0.556 bits per heavy atom. The quantitative estimate of drug-likeness (QED) is 0.0339. The van der Waals surface area contributed by atoms with Crippen LogP contribution in [0, 0.1) is 0 Å². The summed E-state index contributed by atoms with van der Waals surface area (Å²) in [5.74, 6) is 2.36. The van der Waals surface area contributed by atoms with Gasteiger partial charge in [-0.15, -0.1) is 0 Å². The van der Waals surface area contributed by atoms with E-state index in [1.807, 2.05) is 194 Å². The molecule has 0 atom stereocenters. The predicted molar refractivity (Wildman–Crippen MR) is 287 cm³/mol. The highest BCUT2D eigenvalue weighted by Gasteiger charge is 2.19. The third kappa shape index (κ3) is 17.0. The molecule has 8 rings (SSSR count). The van der Waals surface area contributed by atoms with Gasteiger partial charge < -0.3 is 18.9 Å². The SMILES string of the molecule is O=C(CN(CCCCCCN(CC(=O)c1cc(OCc2ccccc2)cc(OCc2ccccc2)c1)Cc1ccccc1)Cc1ccccc1)c1cc(OCc2ccccc2)cc(OCc2ccccc2)c1. The molecule has 0 unspecified atom stereocenters. The molecule has 0 amide bonds. The van der Waals surface area contributed by atoms with Gasteiger partial charge in [0, 0.05) is 36.3 Å². The molecule has 0 bridgehead atoms. The zero-order chi connectivity index (χ0) is 49.4. The van der Waals surface area contributed by atoms with Crippen LogP contribution in [0.5, 0.6) is 23.0 Å². The van der Waals surface area contributed by atoms with E-state index in [9.17, 15) is 9.59 Å². The molecule has 0 aliphatic rings. The van der Waals surface area contributed by atoms with Crippen LogP contribution in [0.3, 0.4) is 0 Å². The number of benzene rings is 8. The van der Waals surface area contributed by atoms with Gasteiger partial charge in [-0.2, -0.15) is 0 Å². The second kappa shape index (κ2) is 27.6. The van der Waals surface area contributed by atoms with Crippen molar-refractivity contribution >= 4 is 11.6 Å². The Bertz CT molecular complexity index is 2530. The van der Waals surface area contributed by atoms with E-state index in [2.05, 4.69) is 34.1 Å². The number of ether oxygens (including phenoxy) is 4. The third-order valence-corrected chi connectivity index (χ3v) is 12.3. The molecule has 0 saturated heterocycles. The second-order valence-corrected chi connectivity index (χ2v) is 18.1. The van der Waals surface area contributed by atoms with E-state index < -0.39 is 0 Å². The molecule has 0 heterocycles. The Morgan fingerprint density at radius 3 is 0.819 bits per heavy atom. The molecule has 8 heteroatoms. The Kier molecular flexibility index (Phi) is 19.4. The molecule has 0 aliphatic carbocycles. The largest absolute Gasteiger partial charge is 0.489 e. The zero-order valence-corrected chi connectivity index (χ0v) is 41.0. The molecule has 0 fully saturated rings. The summed E-state index contributed by atoms with van der Waals surface area (Å²) in [5, 5.41) is 0. The van der Waals surface area contributed by atoms with Gasteiger partial charge in [0.2, 0.25) is 0 Å². The highest BCUT2D eigenvalue weighted by Crippen LogP contribution is 2.28. The van der Waals surface area contributed by atoms with Gasteiger partial charge >= 0.3 is 0 Å². The molecule has 8 aromatic carbocycles. The average molecular weight is 957 g/mol. The fourth-order valence-electron chi connectivity index (χ4n) is 8.49. The first kappa shape index (κ1) is 50.6. The number of nitrogens with zero attached hydrogens (tertiary/aromatic N) is 2. The highest BCUT2D eigenvalue weighted by atomic mass is 16.5. The number of rotatable bonds is 29. The molecular formula is C64H64N2O6. The van der Waals surface area contributed by atoms with Crippen LogP contribution in [0.2, 0.25) is 0 Å². The second-order valence-electron chi connectivity index (χ2n) is 18.1. The van der Waals surface area contributed by atoms with Crippen LogP contribution in [0.4, 0.5) is 0 Å². The maximum atomic E-state index is 14.3. The monoisotopic (exact) mass is 956 g/mol. The van der Waals surface area contributed by atoms with E-state index in [1.165, 1.54) is 0 Å². The molecule has 366 valence electrons. The van der Waals surface area contributed by atoms with Gasteiger partial charge in [0.05, 0.1) is 13.1 Å². The molecule has 72 heavy (non-hydrogen) atoms. The highest BCUT2D eigenvalue weighted by molar-refractivity contribution is 5.99. The Balaban J connectivity index is 0.901. The smallest absolute Gasteiger partial charge is 0.177 e. The summed E-state index contributed by atoms with van der Waals surface area (Å²) in [6, 6.07) is 71.7. The standard InChI is InChI=1S/C64H64N2O6/c67-63(57-37-59(69-47-53-27-13-5-14-28-53)41-60(38-57)70-48-54-29-15-6-16-30-54)45-65(43-51-23-9-3-10-24-51)35-21-1-2-22-36-66(44-52-25-11-4-12-26-52)46-64(68)58-39-61(71-49-55-31-17-7-18-32-55)42-62(40-58)72-50-56-33-19-8-20-34-56/h3-20,23-34,37-42H,1-2,21-22,35-36,43-50H2. The van der Waals surface area contributed by atoms with Crippen molar-refractivity contribution in [3.63, 3.8) is 0 Å². The van der Waals surface area contributed by atoms with Crippen LogP contribution >= 0.6 is 0 Å². The number of carbonyl (C=O) groups is 2. The van der Waals surface area contributed by atoms with Gasteiger partial charge in [-0.1, -0.05) is 195 Å². The fraction of sp³-hybridized carbons (Fsp3) is 0.219. The van der Waals surface area contributed by atoms with Crippen LogP contribution in [0.1, 0.15) is 79.8 Å². The fourth-order valence-corrected chi connectivity index (χ4v) is 8.49. The first-order chi connectivity index (χ1) is 35.5. The van der Waals surface area contributed by atoms with Crippen LogP contribution in [0.15, 0.2) is 218 Å². The number of hydrogen-bond acceptors (Lipinski definition) is 8.